The van der Waals surface area contributed by atoms with Gasteiger partial charge in [0.1, 0.15) is 5.82 Å². The molecule has 10 nitrogen and oxygen atoms in total. The molecule has 3 aromatic rings. The Bertz CT molecular complexity index is 1150. The highest BCUT2D eigenvalue weighted by Crippen LogP contribution is 2.39. The molecule has 2 aromatic heterocycles. The number of fused-ring (bicyclic) bond motifs is 1. The normalized spacial score (nSPS) is 23.0. The fourth-order valence-electron chi connectivity index (χ4n) is 4.41. The molecule has 2 unspecified atom stereocenters. The van der Waals surface area contributed by atoms with Crippen LogP contribution in [0.1, 0.15) is 12.8 Å². The monoisotopic (exact) mass is 478 g/mol. The molecule has 0 bridgehead atoms. The number of nitrogens with one attached hydrogen (secondary N) is 1. The minimum Gasteiger partial charge on any atom is -0.362 e. The average Bonchev–Trinajstić information content (AvgIpc) is 3.47. The van der Waals surface area contributed by atoms with Gasteiger partial charge in [0.25, 0.3) is 0 Å². The molecule has 1 amide bonds. The molecule has 0 spiro atoms. The number of rotatable bonds is 5. The number of hydrogen-bond donors (Lipinski definition) is 1. The van der Waals surface area contributed by atoms with Gasteiger partial charge in [-0.15, -0.1) is 0 Å². The van der Waals surface area contributed by atoms with Crippen molar-refractivity contribution >= 4 is 28.2 Å². The first kappa shape index (κ1) is 19.0. The van der Waals surface area contributed by atoms with Gasteiger partial charge >= 0.3 is 5.76 Å². The molecule has 0 radical (unpaired) electrons. The van der Waals surface area contributed by atoms with Gasteiger partial charge in [-0.1, -0.05) is 5.16 Å². The lowest BCUT2D eigenvalue weighted by Gasteiger charge is -2.16. The Labute approximate surface area is 177 Å². The molecule has 2 atom stereocenters. The molecular formula is C18H16BrFN6O4. The lowest BCUT2D eigenvalue weighted by atomic mass is 10.0. The van der Waals surface area contributed by atoms with Gasteiger partial charge in [-0.05, 0) is 69.1 Å². The fourth-order valence-corrected chi connectivity index (χ4v) is 4.78. The van der Waals surface area contributed by atoms with Crippen molar-refractivity contribution in [1.29, 1.82) is 0 Å². The van der Waals surface area contributed by atoms with Gasteiger partial charge in [-0.3, -0.25) is 9.32 Å². The van der Waals surface area contributed by atoms with Gasteiger partial charge in [-0.25, -0.2) is 18.4 Å². The van der Waals surface area contributed by atoms with Crippen LogP contribution in [0.3, 0.4) is 0 Å². The van der Waals surface area contributed by atoms with Gasteiger partial charge < -0.3 is 10.2 Å². The first-order valence-electron chi connectivity index (χ1n) is 9.36. The molecule has 2 aliphatic rings. The molecule has 1 saturated heterocycles. The lowest BCUT2D eigenvalue weighted by Crippen LogP contribution is -2.24. The number of hydrogen-bond acceptors (Lipinski definition) is 8. The number of halogens is 2. The van der Waals surface area contributed by atoms with Crippen LogP contribution >= 0.6 is 15.9 Å². The van der Waals surface area contributed by atoms with Crippen LogP contribution in [-0.2, 0) is 4.79 Å². The van der Waals surface area contributed by atoms with E-state index in [1.807, 2.05) is 4.90 Å². The van der Waals surface area contributed by atoms with Gasteiger partial charge in [0.2, 0.25) is 18.1 Å². The quantitative estimate of drug-likeness (QED) is 0.553. The maximum atomic E-state index is 13.6. The van der Waals surface area contributed by atoms with Crippen LogP contribution < -0.4 is 11.1 Å². The van der Waals surface area contributed by atoms with Crippen molar-refractivity contribution in [2.45, 2.75) is 18.9 Å². The maximum absolute atomic E-state index is 13.6. The highest BCUT2D eigenvalue weighted by Gasteiger charge is 2.41. The average molecular weight is 479 g/mol. The van der Waals surface area contributed by atoms with E-state index in [4.69, 9.17) is 9.15 Å². The molecule has 5 rings (SSSR count). The van der Waals surface area contributed by atoms with E-state index >= 15 is 0 Å². The van der Waals surface area contributed by atoms with Crippen molar-refractivity contribution in [1.82, 2.24) is 24.9 Å². The first-order valence-corrected chi connectivity index (χ1v) is 10.2. The Hall–Kier alpha value is -3.02. The zero-order valence-corrected chi connectivity index (χ0v) is 17.1. The summed E-state index contributed by atoms with van der Waals surface area (Å²) in [5.74, 6) is 0.107. The van der Waals surface area contributed by atoms with Crippen LogP contribution in [0.4, 0.5) is 10.2 Å². The van der Waals surface area contributed by atoms with E-state index in [-0.39, 0.29) is 22.0 Å². The number of likely N-dealkylation sites (tertiary alicyclic amines) is 1. The van der Waals surface area contributed by atoms with E-state index in [9.17, 15) is 14.0 Å². The first-order chi connectivity index (χ1) is 14.5. The summed E-state index contributed by atoms with van der Waals surface area (Å²) < 4.78 is 24.7. The second-order valence-corrected chi connectivity index (χ2v) is 8.41. The molecule has 1 aliphatic heterocycles. The molecule has 12 heteroatoms. The topological polar surface area (TPSA) is 119 Å². The van der Waals surface area contributed by atoms with Crippen molar-refractivity contribution < 1.29 is 18.3 Å². The lowest BCUT2D eigenvalue weighted by molar-refractivity contribution is -0.117. The summed E-state index contributed by atoms with van der Waals surface area (Å²) >= 11 is 3.11. The summed E-state index contributed by atoms with van der Waals surface area (Å²) in [6, 6.07) is 4.23. The number of aromatic nitrogens is 4. The number of nitrogens with zero attached hydrogens (tertiary/aromatic N) is 5. The van der Waals surface area contributed by atoms with E-state index in [2.05, 4.69) is 36.7 Å². The maximum Gasteiger partial charge on any atom is 0.446 e. The van der Waals surface area contributed by atoms with Gasteiger partial charge in [0.05, 0.1) is 10.2 Å². The van der Waals surface area contributed by atoms with Crippen molar-refractivity contribution in [3.8, 4) is 17.2 Å². The van der Waals surface area contributed by atoms with E-state index in [0.717, 1.165) is 32.3 Å². The van der Waals surface area contributed by atoms with Crippen LogP contribution in [0.15, 0.2) is 36.6 Å². The Balaban J connectivity index is 1.42. The van der Waals surface area contributed by atoms with Crippen molar-refractivity contribution in [2.24, 2.45) is 11.8 Å². The van der Waals surface area contributed by atoms with Crippen molar-refractivity contribution in [2.75, 3.05) is 18.4 Å². The summed E-state index contributed by atoms with van der Waals surface area (Å²) in [7, 11) is 0. The second kappa shape index (κ2) is 7.35. The number of benzene rings is 1. The number of anilines is 1. The Kier molecular flexibility index (Phi) is 4.65. The molecule has 3 heterocycles. The summed E-state index contributed by atoms with van der Waals surface area (Å²) in [5, 5.41) is 15.0. The van der Waals surface area contributed by atoms with Gasteiger partial charge in [-0.2, -0.15) is 0 Å². The number of amides is 1. The van der Waals surface area contributed by atoms with E-state index in [1.54, 1.807) is 0 Å². The molecule has 1 saturated carbocycles. The third kappa shape index (κ3) is 3.20. The van der Waals surface area contributed by atoms with Gasteiger partial charge in [0.15, 0.2) is 5.69 Å². The van der Waals surface area contributed by atoms with Gasteiger partial charge in [0, 0.05) is 19.1 Å². The zero-order valence-electron chi connectivity index (χ0n) is 15.5. The molecule has 2 fully saturated rings. The number of carbonyl (C=O) groups is 1. The fraction of sp³-hybridized carbons (Fsp3) is 0.389. The van der Waals surface area contributed by atoms with E-state index < -0.39 is 11.6 Å². The Morgan fingerprint density at radius 1 is 1.20 bits per heavy atom. The van der Waals surface area contributed by atoms with Crippen LogP contribution in [0.25, 0.3) is 17.2 Å². The third-order valence-corrected chi connectivity index (χ3v) is 6.34. The van der Waals surface area contributed by atoms with Crippen LogP contribution in [0.5, 0.6) is 0 Å². The number of carbonyl (C=O) groups excluding carboxylic acids is 1. The Morgan fingerprint density at radius 3 is 2.67 bits per heavy atom. The largest absolute Gasteiger partial charge is 0.446 e. The van der Waals surface area contributed by atoms with Crippen LogP contribution in [0, 0.1) is 17.7 Å². The summed E-state index contributed by atoms with van der Waals surface area (Å²) in [5.41, 5.74) is 0.565. The molecule has 1 N–H and O–H groups in total. The third-order valence-electron chi connectivity index (χ3n) is 5.74. The van der Waals surface area contributed by atoms with Crippen LogP contribution in [0.2, 0.25) is 0 Å². The molecule has 156 valence electrons. The SMILES string of the molecule is O=CN1CC2CC(Nc3nonc3-c3noc(=O)n3-c3ccc(F)c(Br)c3)CC2C1. The van der Waals surface area contributed by atoms with Crippen molar-refractivity contribution in [3.63, 3.8) is 0 Å². The summed E-state index contributed by atoms with van der Waals surface area (Å²) in [6.45, 7) is 1.52. The molecule has 30 heavy (non-hydrogen) atoms. The van der Waals surface area contributed by atoms with E-state index in [1.165, 1.54) is 22.8 Å². The summed E-state index contributed by atoms with van der Waals surface area (Å²) in [6.07, 6.45) is 2.67. The summed E-state index contributed by atoms with van der Waals surface area (Å²) in [4.78, 5) is 25.1. The zero-order chi connectivity index (χ0) is 20.8. The smallest absolute Gasteiger partial charge is 0.362 e. The highest BCUT2D eigenvalue weighted by atomic mass is 79.9. The van der Waals surface area contributed by atoms with E-state index in [0.29, 0.717) is 23.3 Å². The predicted molar refractivity (Wildman–Crippen MR) is 104 cm³/mol. The Morgan fingerprint density at radius 2 is 1.97 bits per heavy atom. The second-order valence-electron chi connectivity index (χ2n) is 7.56. The van der Waals surface area contributed by atoms with Crippen molar-refractivity contribution in [3.05, 3.63) is 39.0 Å². The predicted octanol–water partition coefficient (Wildman–Crippen LogP) is 2.06. The van der Waals surface area contributed by atoms with Crippen LogP contribution in [-0.4, -0.2) is 50.5 Å². The molecular weight excluding hydrogens is 463 g/mol. The molecule has 1 aliphatic carbocycles. The minimum absolute atomic E-state index is 0.0904. The molecule has 1 aromatic carbocycles. The minimum atomic E-state index is -0.748. The standard InChI is InChI=1S/C18H16BrFN6O4/c19-13-5-12(1-2-14(13)20)26-17(24-29-18(26)28)15-16(23-30-22-15)21-11-3-9-6-25(8-27)7-10(9)4-11/h1-2,5,8-11H,3-4,6-7H2,(H,21,23). The highest BCUT2D eigenvalue weighted by molar-refractivity contribution is 9.10.